The van der Waals surface area contributed by atoms with Crippen molar-refractivity contribution in [1.29, 1.82) is 0 Å². The molecule has 0 radical (unpaired) electrons. The zero-order valence-corrected chi connectivity index (χ0v) is 17.4. The summed E-state index contributed by atoms with van der Waals surface area (Å²) in [6, 6.07) is 18.3. The summed E-state index contributed by atoms with van der Waals surface area (Å²) in [4.78, 5) is 14.1. The van der Waals surface area contributed by atoms with E-state index in [1.807, 2.05) is 48.9 Å². The van der Waals surface area contributed by atoms with Gasteiger partial charge in [-0.3, -0.25) is 15.0 Å². The minimum absolute atomic E-state index is 0.0335. The van der Waals surface area contributed by atoms with Crippen molar-refractivity contribution < 1.29 is 0 Å². The molecule has 3 aromatic heterocycles. The fraction of sp³-hybridized carbons (Fsp3) is 0.227. The average Bonchev–Trinajstić information content (AvgIpc) is 2.66. The SMILES string of the molecule is C/C(C[P+](C)(C)C)=C(/B(c1ccccn1)c1ccccn1)c1ccccn1. The predicted octanol–water partition coefficient (Wildman–Crippen LogP) is 3.40. The molecule has 0 saturated carbocycles. The number of allylic oxidation sites excluding steroid dienone is 1. The predicted molar refractivity (Wildman–Crippen MR) is 120 cm³/mol. The molecule has 3 rings (SSSR count). The lowest BCUT2D eigenvalue weighted by molar-refractivity contribution is 1.26. The van der Waals surface area contributed by atoms with Crippen molar-refractivity contribution in [3.05, 3.63) is 84.5 Å². The second-order valence-electron chi connectivity index (χ2n) is 7.80. The van der Waals surface area contributed by atoms with Crippen molar-refractivity contribution in [1.82, 2.24) is 15.0 Å². The quantitative estimate of drug-likeness (QED) is 0.490. The van der Waals surface area contributed by atoms with Crippen LogP contribution in [0, 0.1) is 0 Å². The van der Waals surface area contributed by atoms with Gasteiger partial charge in [-0.25, -0.2) is 0 Å². The van der Waals surface area contributed by atoms with Gasteiger partial charge in [-0.15, -0.1) is 0 Å². The summed E-state index contributed by atoms with van der Waals surface area (Å²) >= 11 is 0. The highest BCUT2D eigenvalue weighted by Gasteiger charge is 2.32. The van der Waals surface area contributed by atoms with Gasteiger partial charge in [0.1, 0.15) is 0 Å². The average molecular weight is 374 g/mol. The van der Waals surface area contributed by atoms with Gasteiger partial charge in [0, 0.05) is 57.0 Å². The van der Waals surface area contributed by atoms with E-state index >= 15 is 0 Å². The Morgan fingerprint density at radius 1 is 0.778 bits per heavy atom. The van der Waals surface area contributed by atoms with Crippen molar-refractivity contribution in [2.24, 2.45) is 0 Å². The topological polar surface area (TPSA) is 38.7 Å². The standard InChI is InChI=1S/C22H26BN3P/c1-18(17-27(2,3)4)22(19-11-5-8-14-24-19)23(20-12-6-9-15-25-20)21-13-7-10-16-26-21/h5-16H,17H2,1-4H3/q+1/b22-18-. The lowest BCUT2D eigenvalue weighted by Crippen LogP contribution is -2.47. The molecule has 0 aromatic carbocycles. The molecule has 0 atom stereocenters. The number of hydrogen-bond acceptors (Lipinski definition) is 3. The molecule has 5 heteroatoms. The minimum Gasteiger partial charge on any atom is -0.270 e. The van der Waals surface area contributed by atoms with Gasteiger partial charge >= 0.3 is 0 Å². The van der Waals surface area contributed by atoms with Gasteiger partial charge in [0.15, 0.2) is 0 Å². The first-order valence-corrected chi connectivity index (χ1v) is 12.5. The maximum absolute atomic E-state index is 4.70. The van der Waals surface area contributed by atoms with Crippen molar-refractivity contribution >= 4 is 30.6 Å². The first kappa shape index (κ1) is 19.4. The number of nitrogens with zero attached hydrogens (tertiary/aromatic N) is 3. The monoisotopic (exact) mass is 374 g/mol. The zero-order chi connectivity index (χ0) is 19.3. The third-order valence-corrected chi connectivity index (χ3v) is 5.79. The lowest BCUT2D eigenvalue weighted by Gasteiger charge is -2.21. The Hall–Kier alpha value is -2.32. The summed E-state index contributed by atoms with van der Waals surface area (Å²) in [6.45, 7) is 9.34. The molecule has 0 aliphatic rings. The lowest BCUT2D eigenvalue weighted by atomic mass is 9.38. The number of hydrogen-bond donors (Lipinski definition) is 0. The molecule has 3 nitrogen and oxygen atoms in total. The number of rotatable bonds is 6. The zero-order valence-electron chi connectivity index (χ0n) is 16.5. The third kappa shape index (κ3) is 5.11. The highest BCUT2D eigenvalue weighted by molar-refractivity contribution is 7.73. The van der Waals surface area contributed by atoms with Crippen LogP contribution in [0.15, 0.2) is 78.8 Å². The molecule has 0 fully saturated rings. The van der Waals surface area contributed by atoms with E-state index in [0.29, 0.717) is 0 Å². The van der Waals surface area contributed by atoms with Crippen molar-refractivity contribution in [3.63, 3.8) is 0 Å². The molecule has 0 amide bonds. The Morgan fingerprint density at radius 3 is 1.70 bits per heavy atom. The molecule has 136 valence electrons. The fourth-order valence-electron chi connectivity index (χ4n) is 3.47. The summed E-state index contributed by atoms with van der Waals surface area (Å²) in [5.41, 5.74) is 5.61. The maximum Gasteiger partial charge on any atom is 0.290 e. The van der Waals surface area contributed by atoms with Crippen LogP contribution in [0.2, 0.25) is 0 Å². The van der Waals surface area contributed by atoms with Crippen LogP contribution in [0.3, 0.4) is 0 Å². The molecule has 0 aliphatic carbocycles. The van der Waals surface area contributed by atoms with Gasteiger partial charge in [0.25, 0.3) is 6.71 Å². The third-order valence-electron chi connectivity index (χ3n) is 4.37. The smallest absolute Gasteiger partial charge is 0.270 e. The van der Waals surface area contributed by atoms with E-state index in [0.717, 1.165) is 23.0 Å². The van der Waals surface area contributed by atoms with Gasteiger partial charge in [-0.05, 0) is 54.4 Å². The molecule has 0 bridgehead atoms. The summed E-state index contributed by atoms with van der Waals surface area (Å²) < 4.78 is 0. The molecular weight excluding hydrogens is 348 g/mol. The van der Waals surface area contributed by atoms with Crippen LogP contribution < -0.4 is 11.2 Å². The Balaban J connectivity index is 2.24. The minimum atomic E-state index is -0.995. The van der Waals surface area contributed by atoms with Crippen LogP contribution in [0.25, 0.3) is 5.47 Å². The van der Waals surface area contributed by atoms with E-state index < -0.39 is 7.26 Å². The maximum atomic E-state index is 4.70. The van der Waals surface area contributed by atoms with E-state index in [4.69, 9.17) is 4.98 Å². The van der Waals surface area contributed by atoms with E-state index in [2.05, 4.69) is 61.2 Å². The molecule has 27 heavy (non-hydrogen) atoms. The molecule has 3 heterocycles. The highest BCUT2D eigenvalue weighted by Crippen LogP contribution is 2.48. The highest BCUT2D eigenvalue weighted by atomic mass is 31.2. The molecule has 0 saturated heterocycles. The van der Waals surface area contributed by atoms with Gasteiger partial charge in [0.05, 0.1) is 11.9 Å². The molecule has 0 spiro atoms. The normalized spacial score (nSPS) is 12.4. The largest absolute Gasteiger partial charge is 0.290 e. The Bertz CT molecular complexity index is 852. The first-order chi connectivity index (χ1) is 13.0. The van der Waals surface area contributed by atoms with Gasteiger partial charge in [-0.1, -0.05) is 18.2 Å². The second-order valence-corrected chi connectivity index (χ2v) is 12.7. The van der Waals surface area contributed by atoms with E-state index in [9.17, 15) is 0 Å². The van der Waals surface area contributed by atoms with E-state index in [1.54, 1.807) is 0 Å². The van der Waals surface area contributed by atoms with Gasteiger partial charge in [-0.2, -0.15) is 0 Å². The van der Waals surface area contributed by atoms with E-state index in [-0.39, 0.29) is 6.71 Å². The Morgan fingerprint density at radius 2 is 1.30 bits per heavy atom. The van der Waals surface area contributed by atoms with Crippen LogP contribution in [-0.2, 0) is 0 Å². The van der Waals surface area contributed by atoms with Crippen LogP contribution >= 0.6 is 7.26 Å². The van der Waals surface area contributed by atoms with E-state index in [1.165, 1.54) is 11.0 Å². The molecule has 0 unspecified atom stereocenters. The Kier molecular flexibility index (Phi) is 6.18. The molecule has 3 aromatic rings. The first-order valence-electron chi connectivity index (χ1n) is 9.19. The second kappa shape index (κ2) is 8.58. The fourth-order valence-corrected chi connectivity index (χ4v) is 5.07. The summed E-state index contributed by atoms with van der Waals surface area (Å²) in [5.74, 6) is 0. The van der Waals surface area contributed by atoms with Gasteiger partial charge in [0.2, 0.25) is 0 Å². The van der Waals surface area contributed by atoms with Crippen molar-refractivity contribution in [3.8, 4) is 0 Å². The molecule has 0 aliphatic heterocycles. The van der Waals surface area contributed by atoms with Crippen LogP contribution in [0.4, 0.5) is 0 Å². The molecule has 0 N–H and O–H groups in total. The Labute approximate surface area is 163 Å². The van der Waals surface area contributed by atoms with Gasteiger partial charge < -0.3 is 0 Å². The number of aromatic nitrogens is 3. The number of pyridine rings is 3. The summed E-state index contributed by atoms with van der Waals surface area (Å²) in [7, 11) is -0.995. The van der Waals surface area contributed by atoms with Crippen LogP contribution in [0.5, 0.6) is 0 Å². The van der Waals surface area contributed by atoms with Crippen LogP contribution in [0.1, 0.15) is 12.6 Å². The molecular formula is C22H26BN3P+. The van der Waals surface area contributed by atoms with Crippen molar-refractivity contribution in [2.45, 2.75) is 6.92 Å². The van der Waals surface area contributed by atoms with Crippen LogP contribution in [-0.4, -0.2) is 47.8 Å². The summed E-state index contributed by atoms with van der Waals surface area (Å²) in [6.07, 6.45) is 6.67. The van der Waals surface area contributed by atoms with Crippen molar-refractivity contribution in [2.75, 3.05) is 26.2 Å². The summed E-state index contributed by atoms with van der Waals surface area (Å²) in [5, 5.41) is 0.